The number of fused-ring (bicyclic) bond motifs is 1. The molecule has 0 aromatic carbocycles. The Hall–Kier alpha value is -2.38. The Bertz CT molecular complexity index is 812. The summed E-state index contributed by atoms with van der Waals surface area (Å²) in [5, 5.41) is 12.7. The SMILES string of the molecule is C=Cn1cc(C(=O)O)c(=O)c2ccc(N3CCNCC3)nc21.Cl. The predicted molar refractivity (Wildman–Crippen MR) is 91.7 cm³/mol. The first-order chi connectivity index (χ1) is 10.6. The smallest absolute Gasteiger partial charge is 0.341 e. The summed E-state index contributed by atoms with van der Waals surface area (Å²) in [7, 11) is 0. The summed E-state index contributed by atoms with van der Waals surface area (Å²) in [6.45, 7) is 7.09. The van der Waals surface area contributed by atoms with E-state index in [2.05, 4.69) is 21.8 Å². The molecule has 0 amide bonds. The number of anilines is 1. The van der Waals surface area contributed by atoms with Crippen molar-refractivity contribution < 1.29 is 9.90 Å². The highest BCUT2D eigenvalue weighted by atomic mass is 35.5. The second-order valence-electron chi connectivity index (χ2n) is 5.04. The number of pyridine rings is 2. The number of piperazine rings is 1. The number of hydrogen-bond acceptors (Lipinski definition) is 5. The third kappa shape index (κ3) is 3.06. The van der Waals surface area contributed by atoms with Gasteiger partial charge in [-0.3, -0.25) is 4.79 Å². The van der Waals surface area contributed by atoms with Crippen LogP contribution in [0.1, 0.15) is 10.4 Å². The number of rotatable bonds is 3. The van der Waals surface area contributed by atoms with Crippen LogP contribution in [-0.2, 0) is 0 Å². The maximum Gasteiger partial charge on any atom is 0.341 e. The van der Waals surface area contributed by atoms with Crippen molar-refractivity contribution in [1.82, 2.24) is 14.9 Å². The molecule has 3 heterocycles. The van der Waals surface area contributed by atoms with E-state index in [1.54, 1.807) is 12.1 Å². The molecule has 0 saturated carbocycles. The molecule has 1 saturated heterocycles. The van der Waals surface area contributed by atoms with Crippen molar-refractivity contribution >= 4 is 41.4 Å². The summed E-state index contributed by atoms with van der Waals surface area (Å²) in [5.74, 6) is -0.485. The molecule has 122 valence electrons. The van der Waals surface area contributed by atoms with Crippen LogP contribution in [0.5, 0.6) is 0 Å². The number of carboxylic acid groups (broad SMARTS) is 1. The number of aromatic carboxylic acids is 1. The monoisotopic (exact) mass is 336 g/mol. The summed E-state index contributed by atoms with van der Waals surface area (Å²) in [5.41, 5.74) is -0.398. The minimum Gasteiger partial charge on any atom is -0.477 e. The first-order valence-electron chi connectivity index (χ1n) is 6.99. The zero-order valence-corrected chi connectivity index (χ0v) is 13.2. The van der Waals surface area contributed by atoms with E-state index in [4.69, 9.17) is 5.11 Å². The van der Waals surface area contributed by atoms with Crippen molar-refractivity contribution in [3.8, 4) is 0 Å². The van der Waals surface area contributed by atoms with E-state index < -0.39 is 11.4 Å². The van der Waals surface area contributed by atoms with Crippen LogP contribution in [0.15, 0.2) is 29.7 Å². The second kappa shape index (κ2) is 6.80. The molecule has 2 aromatic rings. The highest BCUT2D eigenvalue weighted by Crippen LogP contribution is 2.17. The van der Waals surface area contributed by atoms with Crippen molar-refractivity contribution in [3.05, 3.63) is 40.7 Å². The topological polar surface area (TPSA) is 87.5 Å². The third-order valence-electron chi connectivity index (χ3n) is 3.73. The lowest BCUT2D eigenvalue weighted by Crippen LogP contribution is -2.43. The van der Waals surface area contributed by atoms with Crippen LogP contribution in [0.3, 0.4) is 0 Å². The van der Waals surface area contributed by atoms with Crippen LogP contribution >= 0.6 is 12.4 Å². The minimum atomic E-state index is -1.26. The third-order valence-corrected chi connectivity index (χ3v) is 3.73. The van der Waals surface area contributed by atoms with E-state index in [0.29, 0.717) is 5.65 Å². The predicted octanol–water partition coefficient (Wildman–Crippen LogP) is 1.03. The first kappa shape index (κ1) is 17.0. The average Bonchev–Trinajstić information content (AvgIpc) is 2.55. The molecular formula is C15H17ClN4O3. The van der Waals surface area contributed by atoms with Crippen LogP contribution in [0, 0.1) is 0 Å². The lowest BCUT2D eigenvalue weighted by atomic mass is 10.2. The fraction of sp³-hybridized carbons (Fsp3) is 0.267. The van der Waals surface area contributed by atoms with E-state index in [1.807, 2.05) is 0 Å². The van der Waals surface area contributed by atoms with Gasteiger partial charge in [0.15, 0.2) is 0 Å². The lowest BCUT2D eigenvalue weighted by molar-refractivity contribution is 0.0695. The molecule has 1 aliphatic heterocycles. The molecule has 2 N–H and O–H groups in total. The quantitative estimate of drug-likeness (QED) is 0.870. The Labute approximate surface area is 138 Å². The normalized spacial score (nSPS) is 14.3. The van der Waals surface area contributed by atoms with Gasteiger partial charge < -0.3 is 19.9 Å². The second-order valence-corrected chi connectivity index (χ2v) is 5.04. The lowest BCUT2D eigenvalue weighted by Gasteiger charge is -2.28. The highest BCUT2D eigenvalue weighted by molar-refractivity contribution is 5.92. The van der Waals surface area contributed by atoms with Gasteiger partial charge in [0, 0.05) is 38.6 Å². The molecule has 2 aromatic heterocycles. The van der Waals surface area contributed by atoms with Gasteiger partial charge in [0.25, 0.3) is 0 Å². The van der Waals surface area contributed by atoms with E-state index in [1.165, 1.54) is 17.0 Å². The van der Waals surface area contributed by atoms with Gasteiger partial charge in [-0.25, -0.2) is 9.78 Å². The standard InChI is InChI=1S/C15H16N4O3.ClH/c1-2-18-9-11(15(21)22)13(20)10-3-4-12(17-14(10)18)19-7-5-16-6-8-19;/h2-4,9,16H,1,5-8H2,(H,21,22);1H. The largest absolute Gasteiger partial charge is 0.477 e. The van der Waals surface area contributed by atoms with Gasteiger partial charge in [0.1, 0.15) is 17.0 Å². The Balaban J connectivity index is 0.00000192. The van der Waals surface area contributed by atoms with Crippen molar-refractivity contribution in [2.75, 3.05) is 31.1 Å². The molecule has 0 atom stereocenters. The summed E-state index contributed by atoms with van der Waals surface area (Å²) in [4.78, 5) is 30.1. The van der Waals surface area contributed by atoms with Gasteiger partial charge in [-0.2, -0.15) is 0 Å². The Morgan fingerprint density at radius 3 is 2.65 bits per heavy atom. The minimum absolute atomic E-state index is 0. The average molecular weight is 337 g/mol. The number of nitrogens with zero attached hydrogens (tertiary/aromatic N) is 3. The van der Waals surface area contributed by atoms with Crippen LogP contribution in [0.4, 0.5) is 5.82 Å². The molecule has 0 spiro atoms. The number of hydrogen-bond donors (Lipinski definition) is 2. The molecule has 3 rings (SSSR count). The molecule has 1 aliphatic rings. The highest BCUT2D eigenvalue weighted by Gasteiger charge is 2.17. The van der Waals surface area contributed by atoms with Crippen molar-refractivity contribution in [2.45, 2.75) is 0 Å². The zero-order chi connectivity index (χ0) is 15.7. The number of aromatic nitrogens is 2. The molecule has 23 heavy (non-hydrogen) atoms. The van der Waals surface area contributed by atoms with E-state index in [-0.39, 0.29) is 23.4 Å². The molecule has 1 fully saturated rings. The molecule has 0 unspecified atom stereocenters. The Kier molecular flexibility index (Phi) is 5.02. The van der Waals surface area contributed by atoms with Crippen LogP contribution in [-0.4, -0.2) is 46.8 Å². The van der Waals surface area contributed by atoms with Crippen LogP contribution in [0.2, 0.25) is 0 Å². The van der Waals surface area contributed by atoms with Crippen LogP contribution in [0.25, 0.3) is 17.2 Å². The van der Waals surface area contributed by atoms with Crippen molar-refractivity contribution in [1.29, 1.82) is 0 Å². The number of nitrogens with one attached hydrogen (secondary N) is 1. The molecule has 0 radical (unpaired) electrons. The van der Waals surface area contributed by atoms with E-state index in [0.717, 1.165) is 32.0 Å². The first-order valence-corrected chi connectivity index (χ1v) is 6.99. The van der Waals surface area contributed by atoms with Gasteiger partial charge in [-0.05, 0) is 12.1 Å². The molecule has 0 aliphatic carbocycles. The molecular weight excluding hydrogens is 320 g/mol. The van der Waals surface area contributed by atoms with Crippen LogP contribution < -0.4 is 15.6 Å². The maximum atomic E-state index is 12.2. The maximum absolute atomic E-state index is 12.2. The molecule has 7 nitrogen and oxygen atoms in total. The van der Waals surface area contributed by atoms with Gasteiger partial charge in [-0.1, -0.05) is 6.58 Å². The van der Waals surface area contributed by atoms with E-state index in [9.17, 15) is 9.59 Å². The van der Waals surface area contributed by atoms with E-state index >= 15 is 0 Å². The van der Waals surface area contributed by atoms with Crippen molar-refractivity contribution in [2.24, 2.45) is 0 Å². The van der Waals surface area contributed by atoms with Crippen molar-refractivity contribution in [3.63, 3.8) is 0 Å². The fourth-order valence-electron chi connectivity index (χ4n) is 2.58. The number of carbonyl (C=O) groups is 1. The number of carboxylic acids is 1. The summed E-state index contributed by atoms with van der Waals surface area (Å²) in [6, 6.07) is 3.39. The summed E-state index contributed by atoms with van der Waals surface area (Å²) in [6.07, 6.45) is 2.71. The van der Waals surface area contributed by atoms with Gasteiger partial charge in [0.2, 0.25) is 5.43 Å². The van der Waals surface area contributed by atoms with Gasteiger partial charge >= 0.3 is 5.97 Å². The van der Waals surface area contributed by atoms with Gasteiger partial charge in [0.05, 0.1) is 5.39 Å². The fourth-order valence-corrected chi connectivity index (χ4v) is 2.58. The summed E-state index contributed by atoms with van der Waals surface area (Å²) < 4.78 is 1.48. The Morgan fingerprint density at radius 1 is 1.35 bits per heavy atom. The zero-order valence-electron chi connectivity index (χ0n) is 12.4. The Morgan fingerprint density at radius 2 is 2.04 bits per heavy atom. The molecule has 0 bridgehead atoms. The number of halogens is 1. The molecule has 8 heteroatoms. The van der Waals surface area contributed by atoms with Gasteiger partial charge in [-0.15, -0.1) is 12.4 Å². The summed E-state index contributed by atoms with van der Waals surface area (Å²) >= 11 is 0.